The van der Waals surface area contributed by atoms with Crippen molar-refractivity contribution < 1.29 is 9.00 Å². The fourth-order valence-corrected chi connectivity index (χ4v) is 4.99. The van der Waals surface area contributed by atoms with Gasteiger partial charge < -0.3 is 5.32 Å². The van der Waals surface area contributed by atoms with Crippen LogP contribution in [0.25, 0.3) is 22.0 Å². The molecule has 1 unspecified atom stereocenters. The Morgan fingerprint density at radius 2 is 1.97 bits per heavy atom. The molecule has 0 aliphatic heterocycles. The van der Waals surface area contributed by atoms with E-state index in [1.807, 2.05) is 43.3 Å². The number of benzene rings is 1. The third-order valence-electron chi connectivity index (χ3n) is 4.85. The Bertz CT molecular complexity index is 1260. The van der Waals surface area contributed by atoms with Crippen LogP contribution in [-0.4, -0.2) is 47.7 Å². The fourth-order valence-electron chi connectivity index (χ4n) is 3.25. The lowest BCUT2D eigenvalue weighted by atomic mass is 10.0. The highest BCUT2D eigenvalue weighted by Crippen LogP contribution is 2.31. The third kappa shape index (κ3) is 4.41. The molecule has 0 radical (unpaired) electrons. The van der Waals surface area contributed by atoms with Crippen molar-refractivity contribution in [1.82, 2.24) is 24.5 Å². The number of nitrogens with one attached hydrogen (secondary N) is 2. The van der Waals surface area contributed by atoms with Gasteiger partial charge in [-0.1, -0.05) is 13.8 Å². The monoisotopic (exact) mass is 454 g/mol. The molecule has 2 N–H and O–H groups in total. The van der Waals surface area contributed by atoms with Gasteiger partial charge in [0, 0.05) is 41.8 Å². The van der Waals surface area contributed by atoms with E-state index in [-0.39, 0.29) is 5.91 Å². The number of fused-ring (bicyclic) bond motifs is 1. The van der Waals surface area contributed by atoms with Gasteiger partial charge in [0.05, 0.1) is 27.3 Å². The van der Waals surface area contributed by atoms with E-state index in [0.29, 0.717) is 29.4 Å². The van der Waals surface area contributed by atoms with Crippen molar-refractivity contribution in [3.8, 4) is 11.1 Å². The molecular weight excluding hydrogens is 432 g/mol. The standard InChI is InChI=1S/C21H22N6O2S2/c1-4-27(5-2)31(29)16-6-15(9-22-10-16)14-7-18(17-11-23-26-19(17)8-14)25-21(28)20-12-30-13(3)24-20/h6-12H,4-5H2,1-3H3,(H,23,26)(H,25,28). The molecule has 0 aliphatic rings. The Kier molecular flexibility index (Phi) is 6.21. The molecule has 160 valence electrons. The SMILES string of the molecule is CCN(CC)S(=O)c1cncc(-c2cc(NC(=O)c3csc(C)n3)c3cn[nH]c3c2)c1. The maximum absolute atomic E-state index is 12.9. The summed E-state index contributed by atoms with van der Waals surface area (Å²) in [7, 11) is -1.29. The lowest BCUT2D eigenvalue weighted by Crippen LogP contribution is -2.25. The molecule has 0 saturated heterocycles. The summed E-state index contributed by atoms with van der Waals surface area (Å²) in [4.78, 5) is 21.9. The highest BCUT2D eigenvalue weighted by molar-refractivity contribution is 7.82. The minimum Gasteiger partial charge on any atom is -0.320 e. The van der Waals surface area contributed by atoms with Gasteiger partial charge in [-0.2, -0.15) is 5.10 Å². The lowest BCUT2D eigenvalue weighted by Gasteiger charge is -2.17. The first kappa shape index (κ1) is 21.3. The Labute approximate surface area is 186 Å². The van der Waals surface area contributed by atoms with Crippen LogP contribution in [0.2, 0.25) is 0 Å². The van der Waals surface area contributed by atoms with Crippen LogP contribution in [0.4, 0.5) is 5.69 Å². The van der Waals surface area contributed by atoms with Crippen LogP contribution >= 0.6 is 11.3 Å². The summed E-state index contributed by atoms with van der Waals surface area (Å²) in [5.74, 6) is -0.279. The molecule has 3 aromatic heterocycles. The minimum absolute atomic E-state index is 0.279. The van der Waals surface area contributed by atoms with Crippen molar-refractivity contribution in [1.29, 1.82) is 0 Å². The average molecular weight is 455 g/mol. The zero-order valence-corrected chi connectivity index (χ0v) is 19.0. The van der Waals surface area contributed by atoms with Gasteiger partial charge in [-0.3, -0.25) is 14.9 Å². The summed E-state index contributed by atoms with van der Waals surface area (Å²) in [5, 5.41) is 13.4. The highest BCUT2D eigenvalue weighted by Gasteiger charge is 2.16. The van der Waals surface area contributed by atoms with E-state index in [4.69, 9.17) is 0 Å². The molecule has 0 spiro atoms. The van der Waals surface area contributed by atoms with Gasteiger partial charge in [0.15, 0.2) is 0 Å². The van der Waals surface area contributed by atoms with E-state index in [1.54, 1.807) is 24.0 Å². The molecular formula is C21H22N6O2S2. The van der Waals surface area contributed by atoms with Gasteiger partial charge in [-0.25, -0.2) is 13.5 Å². The van der Waals surface area contributed by atoms with E-state index in [2.05, 4.69) is 25.5 Å². The number of carbonyl (C=O) groups is 1. The molecule has 0 aliphatic carbocycles. The summed E-state index contributed by atoms with van der Waals surface area (Å²) in [6.07, 6.45) is 5.01. The number of aromatic nitrogens is 4. The summed E-state index contributed by atoms with van der Waals surface area (Å²) in [6.45, 7) is 7.17. The van der Waals surface area contributed by atoms with Gasteiger partial charge >= 0.3 is 0 Å². The molecule has 1 aromatic carbocycles. The number of thiazole rings is 1. The summed E-state index contributed by atoms with van der Waals surface area (Å²) >= 11 is 1.43. The molecule has 4 aromatic rings. The second-order valence-electron chi connectivity index (χ2n) is 6.83. The van der Waals surface area contributed by atoms with E-state index in [0.717, 1.165) is 27.0 Å². The van der Waals surface area contributed by atoms with Crippen LogP contribution in [0.1, 0.15) is 29.3 Å². The number of hydrogen-bond acceptors (Lipinski definition) is 6. The maximum Gasteiger partial charge on any atom is 0.275 e. The maximum atomic E-state index is 12.9. The Balaban J connectivity index is 1.71. The summed E-state index contributed by atoms with van der Waals surface area (Å²) < 4.78 is 14.7. The van der Waals surface area contributed by atoms with Gasteiger partial charge in [0.2, 0.25) is 0 Å². The number of pyridine rings is 1. The van der Waals surface area contributed by atoms with Gasteiger partial charge in [-0.05, 0) is 30.7 Å². The first-order chi connectivity index (χ1) is 15.0. The van der Waals surface area contributed by atoms with Crippen molar-refractivity contribution in [3.05, 3.63) is 52.9 Å². The van der Waals surface area contributed by atoms with Crippen LogP contribution < -0.4 is 5.32 Å². The highest BCUT2D eigenvalue weighted by atomic mass is 32.2. The predicted molar refractivity (Wildman–Crippen MR) is 123 cm³/mol. The fraction of sp³-hybridized carbons (Fsp3) is 0.238. The number of H-pyrrole nitrogens is 1. The Hall–Kier alpha value is -2.95. The zero-order valence-electron chi connectivity index (χ0n) is 17.4. The molecule has 1 atom stereocenters. The number of anilines is 1. The Morgan fingerprint density at radius 3 is 2.68 bits per heavy atom. The van der Waals surface area contributed by atoms with Gasteiger partial charge in [0.1, 0.15) is 16.7 Å². The van der Waals surface area contributed by atoms with Crippen LogP contribution in [0.5, 0.6) is 0 Å². The lowest BCUT2D eigenvalue weighted by molar-refractivity contribution is 0.102. The Morgan fingerprint density at radius 1 is 1.16 bits per heavy atom. The molecule has 10 heteroatoms. The number of carbonyl (C=O) groups excluding carboxylic acids is 1. The summed E-state index contributed by atoms with van der Waals surface area (Å²) in [6, 6.07) is 5.68. The van der Waals surface area contributed by atoms with E-state index >= 15 is 0 Å². The molecule has 31 heavy (non-hydrogen) atoms. The smallest absolute Gasteiger partial charge is 0.275 e. The first-order valence-electron chi connectivity index (χ1n) is 9.83. The van der Waals surface area contributed by atoms with Gasteiger partial charge in [0.25, 0.3) is 5.91 Å². The largest absolute Gasteiger partial charge is 0.320 e. The van der Waals surface area contributed by atoms with Gasteiger partial charge in [-0.15, -0.1) is 11.3 Å². The second kappa shape index (κ2) is 9.04. The molecule has 1 amide bonds. The number of nitrogens with zero attached hydrogens (tertiary/aromatic N) is 4. The number of amides is 1. The van der Waals surface area contributed by atoms with Crippen molar-refractivity contribution in [2.24, 2.45) is 0 Å². The van der Waals surface area contributed by atoms with Crippen molar-refractivity contribution in [2.75, 3.05) is 18.4 Å². The quantitative estimate of drug-likeness (QED) is 0.439. The summed E-state index contributed by atoms with van der Waals surface area (Å²) in [5.41, 5.74) is 3.40. The van der Waals surface area contributed by atoms with Crippen LogP contribution in [-0.2, 0) is 11.0 Å². The molecule has 8 nitrogen and oxygen atoms in total. The molecule has 4 rings (SSSR count). The average Bonchev–Trinajstić information content (AvgIpc) is 3.43. The number of aryl methyl sites for hydroxylation is 1. The number of aromatic amines is 1. The number of hydrogen-bond donors (Lipinski definition) is 2. The predicted octanol–water partition coefficient (Wildman–Crippen LogP) is 4.01. The normalized spacial score (nSPS) is 12.4. The minimum atomic E-state index is -1.29. The van der Waals surface area contributed by atoms with E-state index in [9.17, 15) is 9.00 Å². The third-order valence-corrected chi connectivity index (χ3v) is 7.23. The van der Waals surface area contributed by atoms with E-state index in [1.165, 1.54) is 11.3 Å². The number of rotatable bonds is 7. The van der Waals surface area contributed by atoms with Crippen molar-refractivity contribution >= 4 is 44.8 Å². The molecule has 0 saturated carbocycles. The van der Waals surface area contributed by atoms with Crippen LogP contribution in [0.15, 0.2) is 47.1 Å². The van der Waals surface area contributed by atoms with E-state index < -0.39 is 11.0 Å². The van der Waals surface area contributed by atoms with Crippen molar-refractivity contribution in [3.63, 3.8) is 0 Å². The molecule has 0 fully saturated rings. The molecule has 3 heterocycles. The second-order valence-corrected chi connectivity index (χ2v) is 9.38. The van der Waals surface area contributed by atoms with Crippen LogP contribution in [0.3, 0.4) is 0 Å². The van der Waals surface area contributed by atoms with Crippen molar-refractivity contribution in [2.45, 2.75) is 25.7 Å². The zero-order chi connectivity index (χ0) is 22.0. The topological polar surface area (TPSA) is 104 Å². The van der Waals surface area contributed by atoms with Crippen LogP contribution in [0, 0.1) is 6.92 Å². The molecule has 0 bridgehead atoms. The first-order valence-corrected chi connectivity index (χ1v) is 11.8.